The van der Waals surface area contributed by atoms with Gasteiger partial charge in [-0.15, -0.1) is 0 Å². The summed E-state index contributed by atoms with van der Waals surface area (Å²) in [4.78, 5) is 34.4. The van der Waals surface area contributed by atoms with Crippen LogP contribution < -0.4 is 4.74 Å². The fraction of sp³-hybridized carbons (Fsp3) is 0.316. The van der Waals surface area contributed by atoms with Crippen LogP contribution >= 0.6 is 0 Å². The van der Waals surface area contributed by atoms with Crippen molar-refractivity contribution >= 4 is 27.3 Å². The normalized spacial score (nSPS) is 14.7. The van der Waals surface area contributed by atoms with Gasteiger partial charge in [0.05, 0.1) is 14.7 Å². The molecule has 0 spiro atoms. The van der Waals surface area contributed by atoms with Crippen LogP contribution in [0.5, 0.6) is 5.75 Å². The first-order chi connectivity index (χ1) is 15.1. The number of hydrogen-bond donors (Lipinski definition) is 0. The maximum atomic E-state index is 12.8. The first-order valence-corrected chi connectivity index (χ1v) is 10.9. The molecule has 1 saturated heterocycles. The van der Waals surface area contributed by atoms with E-state index in [1.165, 1.54) is 35.2 Å². The van der Waals surface area contributed by atoms with E-state index in [1.807, 2.05) is 0 Å². The highest BCUT2D eigenvalue weighted by Crippen LogP contribution is 2.28. The molecule has 1 amide bonds. The van der Waals surface area contributed by atoms with E-state index in [9.17, 15) is 33.4 Å². The molecule has 2 aromatic rings. The number of non-ortho nitro benzene ring substituents is 1. The van der Waals surface area contributed by atoms with Crippen molar-refractivity contribution < 1.29 is 27.8 Å². The minimum absolute atomic E-state index is 0.00135. The summed E-state index contributed by atoms with van der Waals surface area (Å²) in [6.07, 6.45) is 0. The molecule has 0 unspecified atom stereocenters. The lowest BCUT2D eigenvalue weighted by Gasteiger charge is -2.33. The maximum absolute atomic E-state index is 12.8. The molecule has 170 valence electrons. The molecule has 0 saturated carbocycles. The Morgan fingerprint density at radius 3 is 2.34 bits per heavy atom. The predicted molar refractivity (Wildman–Crippen MR) is 112 cm³/mol. The van der Waals surface area contributed by atoms with Crippen molar-refractivity contribution in [1.82, 2.24) is 9.21 Å². The number of aryl methyl sites for hydroxylation is 1. The van der Waals surface area contributed by atoms with Crippen LogP contribution in [0, 0.1) is 27.2 Å². The molecule has 12 nitrogen and oxygen atoms in total. The van der Waals surface area contributed by atoms with Gasteiger partial charge in [0.1, 0.15) is 0 Å². The van der Waals surface area contributed by atoms with Gasteiger partial charge in [-0.05, 0) is 24.6 Å². The van der Waals surface area contributed by atoms with Crippen LogP contribution in [0.15, 0.2) is 47.4 Å². The number of nitrogens with zero attached hydrogens (tertiary/aromatic N) is 4. The number of hydrogen-bond acceptors (Lipinski definition) is 8. The Morgan fingerprint density at radius 2 is 1.72 bits per heavy atom. The Labute approximate surface area is 183 Å². The van der Waals surface area contributed by atoms with Crippen molar-refractivity contribution in [1.29, 1.82) is 0 Å². The van der Waals surface area contributed by atoms with Crippen LogP contribution in [0.4, 0.5) is 11.4 Å². The van der Waals surface area contributed by atoms with Crippen LogP contribution in [0.2, 0.25) is 0 Å². The second-order valence-electron chi connectivity index (χ2n) is 7.06. The molecule has 1 aliphatic heterocycles. The molecule has 0 radical (unpaired) electrons. The average molecular weight is 464 g/mol. The molecule has 1 aliphatic rings. The summed E-state index contributed by atoms with van der Waals surface area (Å²) in [6, 6.07) is 9.11. The summed E-state index contributed by atoms with van der Waals surface area (Å²) < 4.78 is 32.1. The number of piperazine rings is 1. The first-order valence-electron chi connectivity index (χ1n) is 9.50. The van der Waals surface area contributed by atoms with E-state index in [-0.39, 0.29) is 48.2 Å². The van der Waals surface area contributed by atoms with Gasteiger partial charge in [0.15, 0.2) is 12.4 Å². The lowest BCUT2D eigenvalue weighted by molar-refractivity contribution is -0.385. The zero-order valence-electron chi connectivity index (χ0n) is 17.0. The molecule has 1 fully saturated rings. The van der Waals surface area contributed by atoms with Gasteiger partial charge in [-0.25, -0.2) is 8.42 Å². The van der Waals surface area contributed by atoms with Crippen LogP contribution in [-0.4, -0.2) is 66.2 Å². The molecule has 0 atom stereocenters. The number of carbonyl (C=O) groups is 1. The maximum Gasteiger partial charge on any atom is 0.310 e. The van der Waals surface area contributed by atoms with E-state index in [4.69, 9.17) is 4.74 Å². The lowest BCUT2D eigenvalue weighted by atomic mass is 10.2. The molecular weight excluding hydrogens is 444 g/mol. The number of benzene rings is 2. The van der Waals surface area contributed by atoms with Crippen molar-refractivity contribution in [2.75, 3.05) is 32.8 Å². The van der Waals surface area contributed by atoms with E-state index in [2.05, 4.69) is 0 Å². The smallest absolute Gasteiger partial charge is 0.310 e. The number of rotatable bonds is 7. The van der Waals surface area contributed by atoms with E-state index in [0.717, 1.165) is 15.9 Å². The van der Waals surface area contributed by atoms with Crippen molar-refractivity contribution in [3.63, 3.8) is 0 Å². The van der Waals surface area contributed by atoms with Gasteiger partial charge in [0, 0.05) is 44.4 Å². The monoisotopic (exact) mass is 464 g/mol. The highest BCUT2D eigenvalue weighted by molar-refractivity contribution is 7.89. The van der Waals surface area contributed by atoms with Crippen molar-refractivity contribution in [2.24, 2.45) is 0 Å². The number of nitro groups is 2. The van der Waals surface area contributed by atoms with Crippen molar-refractivity contribution in [2.45, 2.75) is 11.8 Å². The Hall–Kier alpha value is -3.58. The minimum atomic E-state index is -3.96. The summed E-state index contributed by atoms with van der Waals surface area (Å²) >= 11 is 0. The molecule has 2 aromatic carbocycles. The second-order valence-corrected chi connectivity index (χ2v) is 8.99. The number of sulfonamides is 1. The molecule has 13 heteroatoms. The molecular formula is C19H20N4O8S. The standard InChI is InChI=1S/C19H20N4O8S/c1-14-5-6-17(23(27)28)18(11-14)31-13-19(24)20-7-9-21(10-8-20)32(29,30)16-4-2-3-15(12-16)22(25)26/h2-6,11-12H,7-10,13H2,1H3. The third kappa shape index (κ3) is 5.00. The SMILES string of the molecule is Cc1ccc([N+](=O)[O-])c(OCC(=O)N2CCN(S(=O)(=O)c3cccc([N+](=O)[O-])c3)CC2)c1. The largest absolute Gasteiger partial charge is 0.477 e. The summed E-state index contributed by atoms with van der Waals surface area (Å²) in [5, 5.41) is 22.0. The van der Waals surface area contributed by atoms with Crippen LogP contribution in [-0.2, 0) is 14.8 Å². The fourth-order valence-corrected chi connectivity index (χ4v) is 4.67. The van der Waals surface area contributed by atoms with Gasteiger partial charge in [-0.2, -0.15) is 4.31 Å². The Bertz CT molecular complexity index is 1160. The van der Waals surface area contributed by atoms with Crippen molar-refractivity contribution in [3.05, 3.63) is 68.3 Å². The zero-order valence-corrected chi connectivity index (χ0v) is 17.9. The predicted octanol–water partition coefficient (Wildman–Crippen LogP) is 1.72. The molecule has 0 aromatic heterocycles. The molecule has 3 rings (SSSR count). The topological polar surface area (TPSA) is 153 Å². The average Bonchev–Trinajstić information content (AvgIpc) is 2.77. The third-order valence-corrected chi connectivity index (χ3v) is 6.82. The van der Waals surface area contributed by atoms with E-state index >= 15 is 0 Å². The quantitative estimate of drug-likeness (QED) is 0.443. The second kappa shape index (κ2) is 9.28. The minimum Gasteiger partial charge on any atom is -0.477 e. The molecule has 32 heavy (non-hydrogen) atoms. The number of carbonyl (C=O) groups excluding carboxylic acids is 1. The molecule has 0 aliphatic carbocycles. The van der Waals surface area contributed by atoms with E-state index < -0.39 is 32.4 Å². The van der Waals surface area contributed by atoms with Crippen LogP contribution in [0.3, 0.4) is 0 Å². The van der Waals surface area contributed by atoms with Gasteiger partial charge in [0.25, 0.3) is 11.6 Å². The van der Waals surface area contributed by atoms with Gasteiger partial charge in [-0.1, -0.05) is 12.1 Å². The third-order valence-electron chi connectivity index (χ3n) is 4.92. The van der Waals surface area contributed by atoms with E-state index in [0.29, 0.717) is 0 Å². The summed E-state index contributed by atoms with van der Waals surface area (Å²) in [6.45, 7) is 1.49. The van der Waals surface area contributed by atoms with Gasteiger partial charge in [0.2, 0.25) is 10.0 Å². The Balaban J connectivity index is 1.62. The fourth-order valence-electron chi connectivity index (χ4n) is 3.20. The highest BCUT2D eigenvalue weighted by Gasteiger charge is 2.31. The number of nitro benzene ring substituents is 2. The lowest BCUT2D eigenvalue weighted by Crippen LogP contribution is -2.51. The highest BCUT2D eigenvalue weighted by atomic mass is 32.2. The molecule has 1 heterocycles. The van der Waals surface area contributed by atoms with Crippen molar-refractivity contribution in [3.8, 4) is 5.75 Å². The Morgan fingerprint density at radius 1 is 1.03 bits per heavy atom. The van der Waals surface area contributed by atoms with Crippen LogP contribution in [0.25, 0.3) is 0 Å². The number of amides is 1. The van der Waals surface area contributed by atoms with E-state index in [1.54, 1.807) is 13.0 Å². The zero-order chi connectivity index (χ0) is 23.5. The Kier molecular flexibility index (Phi) is 6.69. The molecule has 0 N–H and O–H groups in total. The molecule has 0 bridgehead atoms. The van der Waals surface area contributed by atoms with Gasteiger partial charge in [-0.3, -0.25) is 25.0 Å². The summed E-state index contributed by atoms with van der Waals surface area (Å²) in [7, 11) is -3.96. The number of ether oxygens (including phenoxy) is 1. The first kappa shape index (κ1) is 23.1. The summed E-state index contributed by atoms with van der Waals surface area (Å²) in [5.74, 6) is -0.455. The van der Waals surface area contributed by atoms with Gasteiger partial charge >= 0.3 is 5.69 Å². The van der Waals surface area contributed by atoms with Gasteiger partial charge < -0.3 is 9.64 Å². The van der Waals surface area contributed by atoms with Crippen LogP contribution in [0.1, 0.15) is 5.56 Å². The summed E-state index contributed by atoms with van der Waals surface area (Å²) in [5.41, 5.74) is 0.150.